The zero-order valence-corrected chi connectivity index (χ0v) is 11.7. The molecule has 3 heteroatoms. The van der Waals surface area contributed by atoms with Crippen LogP contribution in [-0.4, -0.2) is 0 Å². The van der Waals surface area contributed by atoms with Gasteiger partial charge in [0.15, 0.2) is 0 Å². The van der Waals surface area contributed by atoms with E-state index in [2.05, 4.69) is 6.92 Å². The predicted molar refractivity (Wildman–Crippen MR) is 79.4 cm³/mol. The molecule has 2 N–H and O–H groups in total. The highest BCUT2D eigenvalue weighted by Gasteiger charge is 2.03. The van der Waals surface area contributed by atoms with Crippen molar-refractivity contribution in [2.45, 2.75) is 32.7 Å². The zero-order chi connectivity index (χ0) is 14.4. The first-order valence-corrected chi connectivity index (χ1v) is 6.97. The molecule has 0 fully saturated rings. The van der Waals surface area contributed by atoms with Crippen LogP contribution in [0.25, 0.3) is 0 Å². The minimum atomic E-state index is -0.331. The Morgan fingerprint density at radius 1 is 1.00 bits per heavy atom. The van der Waals surface area contributed by atoms with E-state index in [1.54, 1.807) is 6.07 Å². The lowest BCUT2D eigenvalue weighted by atomic mass is 10.1. The molecule has 0 saturated heterocycles. The van der Waals surface area contributed by atoms with E-state index >= 15 is 0 Å². The van der Waals surface area contributed by atoms with Crippen LogP contribution in [0.5, 0.6) is 11.5 Å². The minimum Gasteiger partial charge on any atom is -0.457 e. The molecule has 0 atom stereocenters. The summed E-state index contributed by atoms with van der Waals surface area (Å²) in [7, 11) is 0. The molecule has 2 aromatic carbocycles. The zero-order valence-electron chi connectivity index (χ0n) is 11.7. The highest BCUT2D eigenvalue weighted by Crippen LogP contribution is 2.24. The second kappa shape index (κ2) is 7.06. The van der Waals surface area contributed by atoms with Crippen molar-refractivity contribution >= 4 is 0 Å². The van der Waals surface area contributed by atoms with E-state index in [-0.39, 0.29) is 5.82 Å². The second-order valence-electron chi connectivity index (χ2n) is 4.85. The number of unbranched alkanes of at least 4 members (excludes halogenated alkanes) is 1. The molecule has 0 aliphatic carbocycles. The van der Waals surface area contributed by atoms with Crippen molar-refractivity contribution in [3.8, 4) is 11.5 Å². The molecule has 2 rings (SSSR count). The summed E-state index contributed by atoms with van der Waals surface area (Å²) in [6.07, 6.45) is 3.45. The molecule has 0 amide bonds. The summed E-state index contributed by atoms with van der Waals surface area (Å²) in [5.74, 6) is 0.855. The molecule has 20 heavy (non-hydrogen) atoms. The maximum Gasteiger partial charge on any atom is 0.130 e. The van der Waals surface area contributed by atoms with E-state index in [0.29, 0.717) is 18.0 Å². The van der Waals surface area contributed by atoms with Crippen LogP contribution in [0.1, 0.15) is 30.9 Å². The Bertz CT molecular complexity index is 551. The lowest BCUT2D eigenvalue weighted by molar-refractivity contribution is 0.475. The third-order valence-electron chi connectivity index (χ3n) is 3.14. The van der Waals surface area contributed by atoms with Crippen molar-refractivity contribution in [1.29, 1.82) is 0 Å². The summed E-state index contributed by atoms with van der Waals surface area (Å²) in [6, 6.07) is 12.5. The first-order valence-electron chi connectivity index (χ1n) is 6.97. The number of hydrogen-bond acceptors (Lipinski definition) is 2. The minimum absolute atomic E-state index is 0.296. The van der Waals surface area contributed by atoms with Gasteiger partial charge in [-0.05, 0) is 48.2 Å². The van der Waals surface area contributed by atoms with Crippen LogP contribution < -0.4 is 10.5 Å². The molecule has 0 heterocycles. The van der Waals surface area contributed by atoms with Crippen LogP contribution in [0, 0.1) is 5.82 Å². The lowest BCUT2D eigenvalue weighted by Crippen LogP contribution is -1.97. The van der Waals surface area contributed by atoms with Gasteiger partial charge in [0, 0.05) is 12.6 Å². The molecule has 2 nitrogen and oxygen atoms in total. The van der Waals surface area contributed by atoms with E-state index in [9.17, 15) is 4.39 Å². The topological polar surface area (TPSA) is 35.2 Å². The standard InChI is InChI=1S/C17H20FNO/c1-2-3-4-13-5-7-16(8-6-13)20-17-10-14(12-19)9-15(18)11-17/h5-11H,2-4,12,19H2,1H3. The number of ether oxygens (including phenoxy) is 1. The Morgan fingerprint density at radius 3 is 2.40 bits per heavy atom. The SMILES string of the molecule is CCCCc1ccc(Oc2cc(F)cc(CN)c2)cc1. The van der Waals surface area contributed by atoms with Crippen LogP contribution in [0.3, 0.4) is 0 Å². The van der Waals surface area contributed by atoms with Crippen LogP contribution in [-0.2, 0) is 13.0 Å². The van der Waals surface area contributed by atoms with E-state index < -0.39 is 0 Å². The summed E-state index contributed by atoms with van der Waals surface area (Å²) in [5.41, 5.74) is 7.54. The molecular formula is C17H20FNO. The van der Waals surface area contributed by atoms with Gasteiger partial charge in [0.1, 0.15) is 17.3 Å². The number of halogens is 1. The second-order valence-corrected chi connectivity index (χ2v) is 4.85. The normalized spacial score (nSPS) is 10.6. The van der Waals surface area contributed by atoms with Crippen LogP contribution >= 0.6 is 0 Å². The first kappa shape index (κ1) is 14.5. The van der Waals surface area contributed by atoms with Gasteiger partial charge in [0.05, 0.1) is 0 Å². The smallest absolute Gasteiger partial charge is 0.130 e. The number of nitrogens with two attached hydrogens (primary N) is 1. The van der Waals surface area contributed by atoms with Crippen molar-refractivity contribution < 1.29 is 9.13 Å². The third kappa shape index (κ3) is 4.07. The third-order valence-corrected chi connectivity index (χ3v) is 3.14. The first-order chi connectivity index (χ1) is 9.71. The van der Waals surface area contributed by atoms with Crippen molar-refractivity contribution in [1.82, 2.24) is 0 Å². The Labute approximate surface area is 119 Å². The van der Waals surface area contributed by atoms with Crippen molar-refractivity contribution in [2.24, 2.45) is 5.73 Å². The molecule has 2 aromatic rings. The molecule has 0 aliphatic heterocycles. The van der Waals surface area contributed by atoms with E-state index in [1.165, 1.54) is 30.5 Å². The van der Waals surface area contributed by atoms with E-state index in [4.69, 9.17) is 10.5 Å². The maximum atomic E-state index is 13.4. The summed E-state index contributed by atoms with van der Waals surface area (Å²) in [6.45, 7) is 2.47. The van der Waals surface area contributed by atoms with Crippen LogP contribution in [0.4, 0.5) is 4.39 Å². The molecule has 0 saturated carbocycles. The molecule has 0 unspecified atom stereocenters. The predicted octanol–water partition coefficient (Wildman–Crippen LogP) is 4.42. The van der Waals surface area contributed by atoms with Gasteiger partial charge >= 0.3 is 0 Å². The maximum absolute atomic E-state index is 13.4. The molecular weight excluding hydrogens is 253 g/mol. The fourth-order valence-corrected chi connectivity index (χ4v) is 2.04. The average Bonchev–Trinajstić information content (AvgIpc) is 2.46. The Kier molecular flexibility index (Phi) is 5.13. The fourth-order valence-electron chi connectivity index (χ4n) is 2.04. The van der Waals surface area contributed by atoms with Crippen molar-refractivity contribution in [3.63, 3.8) is 0 Å². The van der Waals surface area contributed by atoms with Gasteiger partial charge in [0.25, 0.3) is 0 Å². The number of rotatable bonds is 6. The van der Waals surface area contributed by atoms with Gasteiger partial charge in [-0.1, -0.05) is 25.5 Å². The Hall–Kier alpha value is -1.87. The van der Waals surface area contributed by atoms with Gasteiger partial charge in [-0.25, -0.2) is 4.39 Å². The number of benzene rings is 2. The molecule has 0 spiro atoms. The molecule has 0 aliphatic rings. The fraction of sp³-hybridized carbons (Fsp3) is 0.294. The van der Waals surface area contributed by atoms with E-state index in [0.717, 1.165) is 12.0 Å². The largest absolute Gasteiger partial charge is 0.457 e. The Morgan fingerprint density at radius 2 is 1.75 bits per heavy atom. The highest BCUT2D eigenvalue weighted by atomic mass is 19.1. The average molecular weight is 273 g/mol. The molecule has 0 aromatic heterocycles. The van der Waals surface area contributed by atoms with Crippen LogP contribution in [0.2, 0.25) is 0 Å². The van der Waals surface area contributed by atoms with Gasteiger partial charge in [-0.3, -0.25) is 0 Å². The summed E-state index contributed by atoms with van der Waals surface area (Å²) in [5, 5.41) is 0. The molecule has 0 bridgehead atoms. The van der Waals surface area contributed by atoms with Gasteiger partial charge in [-0.15, -0.1) is 0 Å². The number of aryl methyl sites for hydroxylation is 1. The lowest BCUT2D eigenvalue weighted by Gasteiger charge is -2.08. The monoisotopic (exact) mass is 273 g/mol. The van der Waals surface area contributed by atoms with E-state index in [1.807, 2.05) is 24.3 Å². The van der Waals surface area contributed by atoms with Gasteiger partial charge in [0.2, 0.25) is 0 Å². The van der Waals surface area contributed by atoms with Crippen molar-refractivity contribution in [2.75, 3.05) is 0 Å². The van der Waals surface area contributed by atoms with Gasteiger partial charge in [-0.2, -0.15) is 0 Å². The Balaban J connectivity index is 2.07. The highest BCUT2D eigenvalue weighted by molar-refractivity contribution is 5.35. The summed E-state index contributed by atoms with van der Waals surface area (Å²) in [4.78, 5) is 0. The van der Waals surface area contributed by atoms with Crippen LogP contribution in [0.15, 0.2) is 42.5 Å². The number of hydrogen-bond donors (Lipinski definition) is 1. The quantitative estimate of drug-likeness (QED) is 0.845. The van der Waals surface area contributed by atoms with Crippen molar-refractivity contribution in [3.05, 3.63) is 59.4 Å². The summed E-state index contributed by atoms with van der Waals surface area (Å²) >= 11 is 0. The molecule has 106 valence electrons. The molecule has 0 radical (unpaired) electrons. The van der Waals surface area contributed by atoms with Gasteiger partial charge < -0.3 is 10.5 Å². The summed E-state index contributed by atoms with van der Waals surface area (Å²) < 4.78 is 19.1.